The predicted molar refractivity (Wildman–Crippen MR) is 98.5 cm³/mol. The first-order chi connectivity index (χ1) is 13.3. The van der Waals surface area contributed by atoms with Crippen LogP contribution in [0.15, 0.2) is 36.5 Å². The van der Waals surface area contributed by atoms with Gasteiger partial charge in [0.25, 0.3) is 0 Å². The highest BCUT2D eigenvalue weighted by molar-refractivity contribution is 5.93. The zero-order chi connectivity index (χ0) is 20.3. The highest BCUT2D eigenvalue weighted by Gasteiger charge is 2.35. The van der Waals surface area contributed by atoms with Crippen LogP contribution < -0.4 is 5.32 Å². The molecule has 148 valence electrons. The molecule has 1 aliphatic heterocycles. The van der Waals surface area contributed by atoms with E-state index in [-0.39, 0.29) is 37.5 Å². The molecule has 6 nitrogen and oxygen atoms in total. The number of nitrogens with zero attached hydrogens (tertiary/aromatic N) is 2. The van der Waals surface area contributed by atoms with E-state index in [0.717, 1.165) is 17.8 Å². The van der Waals surface area contributed by atoms with Crippen molar-refractivity contribution >= 4 is 17.6 Å². The third kappa shape index (κ3) is 4.89. The second kappa shape index (κ2) is 8.43. The van der Waals surface area contributed by atoms with Crippen LogP contribution in [0.2, 0.25) is 0 Å². The number of hydrogen-bond acceptors (Lipinski definition) is 4. The van der Waals surface area contributed by atoms with Gasteiger partial charge < -0.3 is 10.4 Å². The van der Waals surface area contributed by atoms with E-state index < -0.39 is 29.4 Å². The summed E-state index contributed by atoms with van der Waals surface area (Å²) in [5.41, 5.74) is 1.60. The molecule has 2 aromatic rings. The second-order valence-electron chi connectivity index (χ2n) is 7.08. The largest absolute Gasteiger partial charge is 0.481 e. The summed E-state index contributed by atoms with van der Waals surface area (Å²) in [4.78, 5) is 30.0. The SMILES string of the molecule is Cc1ccc(NC(=O)[C@@H]2C[C@H](C(=O)O)CN(Cc3ccc(F)cc3F)C2)cn1. The highest BCUT2D eigenvalue weighted by Crippen LogP contribution is 2.26. The van der Waals surface area contributed by atoms with E-state index in [4.69, 9.17) is 0 Å². The molecule has 2 heterocycles. The van der Waals surface area contributed by atoms with Gasteiger partial charge >= 0.3 is 5.97 Å². The molecule has 0 aliphatic carbocycles. The van der Waals surface area contributed by atoms with Crippen LogP contribution in [0.4, 0.5) is 14.5 Å². The highest BCUT2D eigenvalue weighted by atomic mass is 19.1. The summed E-state index contributed by atoms with van der Waals surface area (Å²) in [7, 11) is 0. The van der Waals surface area contributed by atoms with Gasteiger partial charge in [0.15, 0.2) is 0 Å². The summed E-state index contributed by atoms with van der Waals surface area (Å²) in [5.74, 6) is -3.99. The van der Waals surface area contributed by atoms with Gasteiger partial charge in [0.05, 0.1) is 23.7 Å². The summed E-state index contributed by atoms with van der Waals surface area (Å²) >= 11 is 0. The van der Waals surface area contributed by atoms with Crippen LogP contribution in [-0.4, -0.2) is 40.0 Å². The molecule has 1 fully saturated rings. The monoisotopic (exact) mass is 389 g/mol. The first-order valence-corrected chi connectivity index (χ1v) is 8.94. The van der Waals surface area contributed by atoms with E-state index in [9.17, 15) is 23.5 Å². The Hall–Kier alpha value is -2.87. The van der Waals surface area contributed by atoms with Gasteiger partial charge in [0, 0.05) is 37.0 Å². The number of nitrogens with one attached hydrogen (secondary N) is 1. The fourth-order valence-corrected chi connectivity index (χ4v) is 3.37. The van der Waals surface area contributed by atoms with E-state index in [2.05, 4.69) is 10.3 Å². The number of benzene rings is 1. The Labute approximate surface area is 161 Å². The molecule has 0 saturated carbocycles. The zero-order valence-corrected chi connectivity index (χ0v) is 15.4. The van der Waals surface area contributed by atoms with Crippen LogP contribution in [-0.2, 0) is 16.1 Å². The molecule has 1 aromatic heterocycles. The van der Waals surface area contributed by atoms with Crippen molar-refractivity contribution in [3.8, 4) is 0 Å². The number of rotatable bonds is 5. The molecule has 8 heteroatoms. The number of hydrogen-bond donors (Lipinski definition) is 2. The van der Waals surface area contributed by atoms with E-state index in [1.165, 1.54) is 12.3 Å². The molecule has 0 radical (unpaired) electrons. The quantitative estimate of drug-likeness (QED) is 0.822. The number of carboxylic acid groups (broad SMARTS) is 1. The number of aromatic nitrogens is 1. The molecule has 0 spiro atoms. The predicted octanol–water partition coefficient (Wildman–Crippen LogP) is 2.83. The molecule has 28 heavy (non-hydrogen) atoms. The summed E-state index contributed by atoms with van der Waals surface area (Å²) in [5, 5.41) is 12.2. The first kappa shape index (κ1) is 19.9. The minimum absolute atomic E-state index is 0.103. The van der Waals surface area contributed by atoms with Crippen LogP contribution >= 0.6 is 0 Å². The minimum atomic E-state index is -1.00. The fraction of sp³-hybridized carbons (Fsp3) is 0.350. The van der Waals surface area contributed by atoms with Crippen molar-refractivity contribution in [2.75, 3.05) is 18.4 Å². The Balaban J connectivity index is 1.72. The molecule has 2 N–H and O–H groups in total. The third-order valence-corrected chi connectivity index (χ3v) is 4.83. The number of carbonyl (C=O) groups excluding carboxylic acids is 1. The van der Waals surface area contributed by atoms with Crippen LogP contribution in [0.3, 0.4) is 0 Å². The number of halogens is 2. The molecular formula is C20H21F2N3O3. The van der Waals surface area contributed by atoms with Gasteiger partial charge in [0.1, 0.15) is 11.6 Å². The van der Waals surface area contributed by atoms with E-state index in [1.54, 1.807) is 17.0 Å². The van der Waals surface area contributed by atoms with Crippen LogP contribution in [0.1, 0.15) is 17.7 Å². The van der Waals surface area contributed by atoms with Crippen molar-refractivity contribution in [2.24, 2.45) is 11.8 Å². The van der Waals surface area contributed by atoms with Crippen molar-refractivity contribution in [3.05, 3.63) is 59.4 Å². The Morgan fingerprint density at radius 2 is 1.96 bits per heavy atom. The van der Waals surface area contributed by atoms with Crippen LogP contribution in [0.5, 0.6) is 0 Å². The number of amides is 1. The average Bonchev–Trinajstić information content (AvgIpc) is 2.65. The molecule has 0 bridgehead atoms. The van der Waals surface area contributed by atoms with E-state index in [0.29, 0.717) is 5.69 Å². The fourth-order valence-electron chi connectivity index (χ4n) is 3.37. The van der Waals surface area contributed by atoms with Crippen molar-refractivity contribution < 1.29 is 23.5 Å². The number of pyridine rings is 1. The molecule has 2 atom stereocenters. The topological polar surface area (TPSA) is 82.5 Å². The number of carbonyl (C=O) groups is 2. The molecule has 0 unspecified atom stereocenters. The van der Waals surface area contributed by atoms with Crippen LogP contribution in [0.25, 0.3) is 0 Å². The van der Waals surface area contributed by atoms with Crippen molar-refractivity contribution in [3.63, 3.8) is 0 Å². The molecule has 1 saturated heterocycles. The summed E-state index contributed by atoms with van der Waals surface area (Å²) in [6, 6.07) is 6.78. The van der Waals surface area contributed by atoms with Gasteiger partial charge in [-0.3, -0.25) is 19.5 Å². The second-order valence-corrected chi connectivity index (χ2v) is 7.08. The molecule has 3 rings (SSSR count). The van der Waals surface area contributed by atoms with Crippen LogP contribution in [0, 0.1) is 30.4 Å². The molecular weight excluding hydrogens is 368 g/mol. The average molecular weight is 389 g/mol. The number of anilines is 1. The summed E-state index contributed by atoms with van der Waals surface area (Å²) < 4.78 is 27.1. The van der Waals surface area contributed by atoms with Gasteiger partial charge in [-0.1, -0.05) is 6.07 Å². The molecule has 1 amide bonds. The Kier molecular flexibility index (Phi) is 5.99. The van der Waals surface area contributed by atoms with Crippen molar-refractivity contribution in [1.82, 2.24) is 9.88 Å². The summed E-state index contributed by atoms with van der Waals surface area (Å²) in [6.45, 7) is 2.41. The normalized spacial score (nSPS) is 20.0. The summed E-state index contributed by atoms with van der Waals surface area (Å²) in [6.07, 6.45) is 1.74. The maximum atomic E-state index is 14.0. The Morgan fingerprint density at radius 1 is 1.21 bits per heavy atom. The van der Waals surface area contributed by atoms with E-state index >= 15 is 0 Å². The first-order valence-electron chi connectivity index (χ1n) is 8.94. The maximum Gasteiger partial charge on any atom is 0.307 e. The minimum Gasteiger partial charge on any atom is -0.481 e. The third-order valence-electron chi connectivity index (χ3n) is 4.83. The number of piperidine rings is 1. The molecule has 1 aliphatic rings. The van der Waals surface area contributed by atoms with Gasteiger partial charge in [-0.25, -0.2) is 8.78 Å². The van der Waals surface area contributed by atoms with Gasteiger partial charge in [-0.15, -0.1) is 0 Å². The maximum absolute atomic E-state index is 14.0. The van der Waals surface area contributed by atoms with Gasteiger partial charge in [0.2, 0.25) is 5.91 Å². The smallest absolute Gasteiger partial charge is 0.307 e. The lowest BCUT2D eigenvalue weighted by atomic mass is 9.88. The van der Waals surface area contributed by atoms with Gasteiger partial charge in [-0.2, -0.15) is 0 Å². The Bertz CT molecular complexity index is 873. The lowest BCUT2D eigenvalue weighted by Crippen LogP contribution is -2.46. The van der Waals surface area contributed by atoms with Crippen molar-refractivity contribution in [2.45, 2.75) is 19.9 Å². The van der Waals surface area contributed by atoms with Crippen molar-refractivity contribution in [1.29, 1.82) is 0 Å². The lowest BCUT2D eigenvalue weighted by molar-refractivity contribution is -0.145. The number of aliphatic carboxylic acids is 1. The van der Waals surface area contributed by atoms with E-state index in [1.807, 2.05) is 6.92 Å². The molecule has 1 aromatic carbocycles. The zero-order valence-electron chi connectivity index (χ0n) is 15.4. The number of aryl methyl sites for hydroxylation is 1. The number of carboxylic acids is 1. The van der Waals surface area contributed by atoms with Gasteiger partial charge in [-0.05, 0) is 31.5 Å². The number of likely N-dealkylation sites (tertiary alicyclic amines) is 1. The Morgan fingerprint density at radius 3 is 2.61 bits per heavy atom. The standard InChI is InChI=1S/C20H21F2N3O3/c1-12-2-5-17(8-23-12)24-19(26)14-6-15(20(27)28)11-25(10-14)9-13-3-4-16(21)7-18(13)22/h2-5,7-8,14-15H,6,9-11H2,1H3,(H,24,26)(H,27,28)/t14-,15+/m1/s1. The lowest BCUT2D eigenvalue weighted by Gasteiger charge is -2.35.